The van der Waals surface area contributed by atoms with E-state index in [1.807, 2.05) is 13.8 Å². The summed E-state index contributed by atoms with van der Waals surface area (Å²) in [7, 11) is -3.36. The number of carboxylic acid groups (broad SMARTS) is 1. The summed E-state index contributed by atoms with van der Waals surface area (Å²) in [5.41, 5.74) is 1.42. The van der Waals surface area contributed by atoms with Crippen molar-refractivity contribution >= 4 is 15.8 Å². The van der Waals surface area contributed by atoms with Gasteiger partial charge in [-0.15, -0.1) is 0 Å². The molecule has 0 fully saturated rings. The van der Waals surface area contributed by atoms with Gasteiger partial charge >= 0.3 is 5.97 Å². The molecule has 106 valence electrons. The van der Waals surface area contributed by atoms with E-state index in [4.69, 9.17) is 0 Å². The molecule has 0 spiro atoms. The molecule has 0 radical (unpaired) electrons. The Morgan fingerprint density at radius 2 is 1.68 bits per heavy atom. The van der Waals surface area contributed by atoms with E-state index in [-0.39, 0.29) is 11.3 Å². The van der Waals surface area contributed by atoms with Gasteiger partial charge < -0.3 is 5.11 Å². The third kappa shape index (κ3) is 3.56. The van der Waals surface area contributed by atoms with Crippen molar-refractivity contribution in [3.8, 4) is 0 Å². The molecule has 0 aliphatic heterocycles. The number of carbonyl (C=O) groups is 1. The van der Waals surface area contributed by atoms with Crippen LogP contribution in [0.2, 0.25) is 0 Å². The Morgan fingerprint density at radius 3 is 2.11 bits per heavy atom. The van der Waals surface area contributed by atoms with Crippen molar-refractivity contribution in [3.05, 3.63) is 28.8 Å². The van der Waals surface area contributed by atoms with Gasteiger partial charge in [0.15, 0.2) is 9.84 Å². The van der Waals surface area contributed by atoms with Crippen LogP contribution in [0, 0.1) is 19.3 Å². The van der Waals surface area contributed by atoms with E-state index in [1.165, 1.54) is 0 Å². The maximum atomic E-state index is 11.8. The normalized spacial score (nSPS) is 12.5. The van der Waals surface area contributed by atoms with Crippen molar-refractivity contribution in [2.75, 3.05) is 6.26 Å². The Morgan fingerprint density at radius 1 is 1.21 bits per heavy atom. The lowest BCUT2D eigenvalue weighted by Crippen LogP contribution is -2.27. The molecule has 0 bridgehead atoms. The van der Waals surface area contributed by atoms with Crippen LogP contribution >= 0.6 is 0 Å². The molecular weight excluding hydrogens is 264 g/mol. The lowest BCUT2D eigenvalue weighted by molar-refractivity contribution is -0.146. The summed E-state index contributed by atoms with van der Waals surface area (Å²) in [6, 6.07) is 3.40. The van der Waals surface area contributed by atoms with Gasteiger partial charge in [0, 0.05) is 6.26 Å². The second kappa shape index (κ2) is 4.96. The maximum absolute atomic E-state index is 11.8. The van der Waals surface area contributed by atoms with Crippen molar-refractivity contribution in [3.63, 3.8) is 0 Å². The van der Waals surface area contributed by atoms with E-state index in [9.17, 15) is 18.3 Å². The SMILES string of the molecule is Cc1cc(CC(C)(C)C(=O)O)c(S(C)(=O)=O)cc1C. The quantitative estimate of drug-likeness (QED) is 0.921. The van der Waals surface area contributed by atoms with E-state index in [1.54, 1.807) is 26.0 Å². The molecule has 0 amide bonds. The van der Waals surface area contributed by atoms with Gasteiger partial charge in [-0.05, 0) is 56.9 Å². The number of carboxylic acids is 1. The number of rotatable bonds is 4. The van der Waals surface area contributed by atoms with Gasteiger partial charge in [-0.3, -0.25) is 4.79 Å². The number of benzene rings is 1. The van der Waals surface area contributed by atoms with Gasteiger partial charge in [-0.1, -0.05) is 6.07 Å². The fourth-order valence-electron chi connectivity index (χ4n) is 1.88. The Labute approximate surface area is 114 Å². The van der Waals surface area contributed by atoms with Crippen molar-refractivity contribution in [1.29, 1.82) is 0 Å². The molecule has 1 aromatic carbocycles. The average molecular weight is 284 g/mol. The number of hydrogen-bond acceptors (Lipinski definition) is 3. The van der Waals surface area contributed by atoms with E-state index in [2.05, 4.69) is 0 Å². The molecule has 0 aliphatic rings. The van der Waals surface area contributed by atoms with E-state index >= 15 is 0 Å². The van der Waals surface area contributed by atoms with Crippen LogP contribution < -0.4 is 0 Å². The largest absolute Gasteiger partial charge is 0.481 e. The van der Waals surface area contributed by atoms with Crippen LogP contribution in [0.15, 0.2) is 17.0 Å². The van der Waals surface area contributed by atoms with E-state index < -0.39 is 21.2 Å². The molecule has 0 unspecified atom stereocenters. The fraction of sp³-hybridized carbons (Fsp3) is 0.500. The summed E-state index contributed by atoms with van der Waals surface area (Å²) in [5.74, 6) is -0.940. The van der Waals surface area contributed by atoms with Gasteiger partial charge in [0.2, 0.25) is 0 Å². The van der Waals surface area contributed by atoms with Crippen molar-refractivity contribution < 1.29 is 18.3 Å². The fourth-order valence-corrected chi connectivity index (χ4v) is 2.88. The standard InChI is InChI=1S/C14H20O4S/c1-9-6-11(8-14(3,4)13(15)16)12(7-10(9)2)19(5,17)18/h6-7H,8H2,1-5H3,(H,15,16). The minimum absolute atomic E-state index is 0.186. The first-order chi connectivity index (χ1) is 8.45. The first-order valence-electron chi connectivity index (χ1n) is 5.99. The molecule has 0 atom stereocenters. The van der Waals surface area contributed by atoms with Gasteiger partial charge in [0.25, 0.3) is 0 Å². The first kappa shape index (κ1) is 15.7. The monoisotopic (exact) mass is 284 g/mol. The van der Waals surface area contributed by atoms with Crippen LogP contribution in [0.5, 0.6) is 0 Å². The molecule has 0 saturated carbocycles. The molecule has 4 nitrogen and oxygen atoms in total. The van der Waals surface area contributed by atoms with Gasteiger partial charge in [-0.2, -0.15) is 0 Å². The first-order valence-corrected chi connectivity index (χ1v) is 7.88. The summed E-state index contributed by atoms with van der Waals surface area (Å²) in [4.78, 5) is 11.4. The van der Waals surface area contributed by atoms with Crippen molar-refractivity contribution in [2.45, 2.75) is 39.0 Å². The number of sulfone groups is 1. The maximum Gasteiger partial charge on any atom is 0.309 e. The number of hydrogen-bond donors (Lipinski definition) is 1. The van der Waals surface area contributed by atoms with Crippen LogP contribution in [-0.4, -0.2) is 25.7 Å². The van der Waals surface area contributed by atoms with Crippen LogP contribution in [0.1, 0.15) is 30.5 Å². The third-order valence-corrected chi connectivity index (χ3v) is 4.47. The Hall–Kier alpha value is -1.36. The van der Waals surface area contributed by atoms with Crippen LogP contribution in [-0.2, 0) is 21.1 Å². The van der Waals surface area contributed by atoms with Crippen LogP contribution in [0.4, 0.5) is 0 Å². The van der Waals surface area contributed by atoms with Crippen LogP contribution in [0.25, 0.3) is 0 Å². The lowest BCUT2D eigenvalue weighted by Gasteiger charge is -2.21. The number of aliphatic carboxylic acids is 1. The summed E-state index contributed by atoms with van der Waals surface area (Å²) in [5, 5.41) is 9.17. The second-order valence-electron chi connectivity index (χ2n) is 5.68. The van der Waals surface area contributed by atoms with Gasteiger partial charge in [-0.25, -0.2) is 8.42 Å². The smallest absolute Gasteiger partial charge is 0.309 e. The zero-order valence-corrected chi connectivity index (χ0v) is 12.8. The minimum atomic E-state index is -3.36. The molecule has 1 rings (SSSR count). The minimum Gasteiger partial charge on any atom is -0.481 e. The predicted molar refractivity (Wildman–Crippen MR) is 74.1 cm³/mol. The van der Waals surface area contributed by atoms with Crippen LogP contribution in [0.3, 0.4) is 0 Å². The highest BCUT2D eigenvalue weighted by Gasteiger charge is 2.29. The Bertz CT molecular complexity index is 613. The summed E-state index contributed by atoms with van der Waals surface area (Å²) in [6.07, 6.45) is 1.33. The molecule has 0 heterocycles. The summed E-state index contributed by atoms with van der Waals surface area (Å²) >= 11 is 0. The Balaban J connectivity index is 3.43. The van der Waals surface area contributed by atoms with Gasteiger partial charge in [0.05, 0.1) is 10.3 Å². The molecular formula is C14H20O4S. The average Bonchev–Trinajstić information content (AvgIpc) is 2.20. The van der Waals surface area contributed by atoms with Gasteiger partial charge in [0.1, 0.15) is 0 Å². The summed E-state index contributed by atoms with van der Waals surface area (Å²) < 4.78 is 23.7. The highest BCUT2D eigenvalue weighted by atomic mass is 32.2. The highest BCUT2D eigenvalue weighted by molar-refractivity contribution is 7.90. The zero-order valence-electron chi connectivity index (χ0n) is 11.9. The highest BCUT2D eigenvalue weighted by Crippen LogP contribution is 2.28. The van der Waals surface area contributed by atoms with E-state index in [0.29, 0.717) is 5.56 Å². The summed E-state index contributed by atoms with van der Waals surface area (Å²) in [6.45, 7) is 6.92. The molecule has 19 heavy (non-hydrogen) atoms. The molecule has 0 aliphatic carbocycles. The Kier molecular flexibility index (Phi) is 4.10. The third-order valence-electron chi connectivity index (χ3n) is 3.29. The molecule has 0 aromatic heterocycles. The molecule has 5 heteroatoms. The topological polar surface area (TPSA) is 71.4 Å². The molecule has 1 N–H and O–H groups in total. The van der Waals surface area contributed by atoms with Crippen molar-refractivity contribution in [2.24, 2.45) is 5.41 Å². The second-order valence-corrected chi connectivity index (χ2v) is 7.67. The van der Waals surface area contributed by atoms with Crippen molar-refractivity contribution in [1.82, 2.24) is 0 Å². The molecule has 1 aromatic rings. The predicted octanol–water partition coefficient (Wildman–Crippen LogP) is 2.36. The van der Waals surface area contributed by atoms with E-state index in [0.717, 1.165) is 17.4 Å². The molecule has 0 saturated heterocycles. The lowest BCUT2D eigenvalue weighted by atomic mass is 9.85. The number of aryl methyl sites for hydroxylation is 2. The zero-order chi connectivity index (χ0) is 15.0.